The molecule has 26 heavy (non-hydrogen) atoms. The van der Waals surface area contributed by atoms with E-state index < -0.39 is 0 Å². The molecule has 4 rings (SSSR count). The second-order valence-electron chi connectivity index (χ2n) is 8.51. The fourth-order valence-electron chi connectivity index (χ4n) is 5.23. The van der Waals surface area contributed by atoms with Crippen LogP contribution in [0.4, 0.5) is 0 Å². The molecule has 0 aromatic heterocycles. The third-order valence-electron chi connectivity index (χ3n) is 6.68. The Morgan fingerprint density at radius 2 is 1.73 bits per heavy atom. The molecule has 1 aromatic carbocycles. The second kappa shape index (κ2) is 8.10. The van der Waals surface area contributed by atoms with Crippen molar-refractivity contribution >= 4 is 5.91 Å². The Morgan fingerprint density at radius 3 is 2.46 bits per heavy atom. The van der Waals surface area contributed by atoms with E-state index in [-0.39, 0.29) is 0 Å². The van der Waals surface area contributed by atoms with Gasteiger partial charge in [-0.25, -0.2) is 0 Å². The maximum Gasteiger partial charge on any atom is 0.223 e. The van der Waals surface area contributed by atoms with Gasteiger partial charge in [-0.1, -0.05) is 37.3 Å². The van der Waals surface area contributed by atoms with E-state index in [0.717, 1.165) is 32.1 Å². The summed E-state index contributed by atoms with van der Waals surface area (Å²) in [4.78, 5) is 20.1. The quantitative estimate of drug-likeness (QED) is 0.813. The summed E-state index contributed by atoms with van der Waals surface area (Å²) in [7, 11) is 0. The van der Waals surface area contributed by atoms with E-state index in [1.165, 1.54) is 51.0 Å². The molecule has 142 valence electrons. The van der Waals surface area contributed by atoms with Crippen LogP contribution in [0.2, 0.25) is 0 Å². The molecule has 0 saturated carbocycles. The van der Waals surface area contributed by atoms with Crippen molar-refractivity contribution in [2.45, 2.75) is 45.2 Å². The number of rotatable bonds is 5. The van der Waals surface area contributed by atoms with Crippen LogP contribution in [-0.4, -0.2) is 65.9 Å². The lowest BCUT2D eigenvalue weighted by Crippen LogP contribution is -2.44. The highest BCUT2D eigenvalue weighted by Crippen LogP contribution is 2.35. The summed E-state index contributed by atoms with van der Waals surface area (Å²) in [6.07, 6.45) is 4.63. The van der Waals surface area contributed by atoms with Gasteiger partial charge >= 0.3 is 0 Å². The van der Waals surface area contributed by atoms with E-state index in [2.05, 4.69) is 45.9 Å². The van der Waals surface area contributed by atoms with Crippen LogP contribution >= 0.6 is 0 Å². The molecule has 0 radical (unpaired) electrons. The summed E-state index contributed by atoms with van der Waals surface area (Å²) in [5.74, 6) is 1.61. The molecule has 0 unspecified atom stereocenters. The van der Waals surface area contributed by atoms with E-state index in [9.17, 15) is 4.79 Å². The minimum atomic E-state index is 0.356. The van der Waals surface area contributed by atoms with Crippen molar-refractivity contribution < 1.29 is 4.79 Å². The van der Waals surface area contributed by atoms with Crippen molar-refractivity contribution in [3.05, 3.63) is 35.9 Å². The number of fused-ring (bicyclic) bond motifs is 1. The van der Waals surface area contributed by atoms with Crippen molar-refractivity contribution in [2.75, 3.05) is 39.3 Å². The molecule has 1 amide bonds. The van der Waals surface area contributed by atoms with Crippen molar-refractivity contribution in [1.29, 1.82) is 0 Å². The monoisotopic (exact) mass is 355 g/mol. The van der Waals surface area contributed by atoms with Crippen LogP contribution in [0.3, 0.4) is 0 Å². The van der Waals surface area contributed by atoms with Crippen LogP contribution in [0, 0.1) is 11.8 Å². The molecule has 2 atom stereocenters. The van der Waals surface area contributed by atoms with Crippen LogP contribution < -0.4 is 0 Å². The summed E-state index contributed by atoms with van der Waals surface area (Å²) in [6, 6.07) is 11.2. The summed E-state index contributed by atoms with van der Waals surface area (Å²) >= 11 is 0. The zero-order chi connectivity index (χ0) is 17.9. The third kappa shape index (κ3) is 3.96. The lowest BCUT2D eigenvalue weighted by molar-refractivity contribution is -0.136. The average Bonchev–Trinajstić information content (AvgIpc) is 3.06. The number of benzene rings is 1. The van der Waals surface area contributed by atoms with Gasteiger partial charge in [0.05, 0.1) is 0 Å². The van der Waals surface area contributed by atoms with Gasteiger partial charge in [-0.15, -0.1) is 0 Å². The lowest BCUT2D eigenvalue weighted by atomic mass is 9.88. The van der Waals surface area contributed by atoms with E-state index >= 15 is 0 Å². The Labute approximate surface area is 158 Å². The van der Waals surface area contributed by atoms with Crippen LogP contribution in [0.5, 0.6) is 0 Å². The van der Waals surface area contributed by atoms with Crippen LogP contribution in [0.25, 0.3) is 0 Å². The zero-order valence-electron chi connectivity index (χ0n) is 16.1. The first-order valence-corrected chi connectivity index (χ1v) is 10.5. The molecule has 3 aliphatic heterocycles. The Bertz CT molecular complexity index is 597. The lowest BCUT2D eigenvalue weighted by Gasteiger charge is -2.36. The molecule has 1 aromatic rings. The van der Waals surface area contributed by atoms with E-state index in [1.54, 1.807) is 0 Å². The van der Waals surface area contributed by atoms with Gasteiger partial charge in [-0.05, 0) is 56.3 Å². The number of carbonyl (C=O) groups excluding carboxylic acids is 1. The predicted molar refractivity (Wildman–Crippen MR) is 105 cm³/mol. The molecule has 4 nitrogen and oxygen atoms in total. The fraction of sp³-hybridized carbons (Fsp3) is 0.682. The summed E-state index contributed by atoms with van der Waals surface area (Å²) < 4.78 is 0. The molecule has 3 fully saturated rings. The first-order chi connectivity index (χ1) is 12.7. The van der Waals surface area contributed by atoms with E-state index in [0.29, 0.717) is 17.7 Å². The van der Waals surface area contributed by atoms with Crippen molar-refractivity contribution in [2.24, 2.45) is 11.8 Å². The van der Waals surface area contributed by atoms with Gasteiger partial charge in [0.1, 0.15) is 0 Å². The summed E-state index contributed by atoms with van der Waals surface area (Å²) in [6.45, 7) is 10.1. The zero-order valence-corrected chi connectivity index (χ0v) is 16.1. The van der Waals surface area contributed by atoms with Gasteiger partial charge < -0.3 is 9.80 Å². The molecular weight excluding hydrogens is 322 g/mol. The Morgan fingerprint density at radius 1 is 1.00 bits per heavy atom. The number of hydrogen-bond acceptors (Lipinski definition) is 3. The number of piperidine rings is 2. The highest BCUT2D eigenvalue weighted by Gasteiger charge is 2.42. The van der Waals surface area contributed by atoms with Crippen molar-refractivity contribution in [1.82, 2.24) is 14.7 Å². The summed E-state index contributed by atoms with van der Waals surface area (Å²) in [5.41, 5.74) is 1.25. The Balaban J connectivity index is 1.32. The van der Waals surface area contributed by atoms with Crippen LogP contribution in [-0.2, 0) is 11.3 Å². The van der Waals surface area contributed by atoms with Gasteiger partial charge in [0, 0.05) is 38.6 Å². The van der Waals surface area contributed by atoms with Gasteiger partial charge in [-0.2, -0.15) is 0 Å². The van der Waals surface area contributed by atoms with Crippen molar-refractivity contribution in [3.8, 4) is 0 Å². The first-order valence-electron chi connectivity index (χ1n) is 10.5. The number of likely N-dealkylation sites (tertiary alicyclic amines) is 3. The molecule has 3 saturated heterocycles. The van der Waals surface area contributed by atoms with Gasteiger partial charge in [0.15, 0.2) is 0 Å². The smallest absolute Gasteiger partial charge is 0.223 e. The maximum absolute atomic E-state index is 12.6. The molecule has 0 aliphatic carbocycles. The SMILES string of the molecule is CCCN1CCC(N2C[C@H]3CN(Cc4ccccc4)C(=O)C[C@H]3C2)CC1. The molecular formula is C22H33N3O. The normalized spacial score (nSPS) is 28.5. The van der Waals surface area contributed by atoms with Gasteiger partial charge in [0.2, 0.25) is 5.91 Å². The predicted octanol–water partition coefficient (Wildman–Crippen LogP) is 2.84. The molecule has 0 N–H and O–H groups in total. The Hall–Kier alpha value is -1.39. The molecule has 4 heteroatoms. The Kier molecular flexibility index (Phi) is 5.60. The van der Waals surface area contributed by atoms with Gasteiger partial charge in [-0.3, -0.25) is 9.69 Å². The van der Waals surface area contributed by atoms with Crippen molar-refractivity contribution in [3.63, 3.8) is 0 Å². The van der Waals surface area contributed by atoms with Crippen LogP contribution in [0.15, 0.2) is 30.3 Å². The average molecular weight is 356 g/mol. The maximum atomic E-state index is 12.6. The molecule has 3 heterocycles. The summed E-state index contributed by atoms with van der Waals surface area (Å²) in [5, 5.41) is 0. The molecule has 3 aliphatic rings. The first kappa shape index (κ1) is 18.0. The highest BCUT2D eigenvalue weighted by atomic mass is 16.2. The number of nitrogens with zero attached hydrogens (tertiary/aromatic N) is 3. The number of amides is 1. The fourth-order valence-corrected chi connectivity index (χ4v) is 5.23. The number of hydrogen-bond donors (Lipinski definition) is 0. The second-order valence-corrected chi connectivity index (χ2v) is 8.51. The van der Waals surface area contributed by atoms with E-state index in [1.807, 2.05) is 6.07 Å². The standard InChI is InChI=1S/C22H33N3O/c1-2-10-23-11-8-21(9-12-23)24-15-19-13-22(26)25(17-20(19)16-24)14-18-6-4-3-5-7-18/h3-7,19-21H,2,8-17H2,1H3/t19-,20-/m0/s1. The highest BCUT2D eigenvalue weighted by molar-refractivity contribution is 5.77. The molecule has 0 spiro atoms. The topological polar surface area (TPSA) is 26.8 Å². The molecule has 0 bridgehead atoms. The van der Waals surface area contributed by atoms with Crippen LogP contribution in [0.1, 0.15) is 38.2 Å². The minimum absolute atomic E-state index is 0.356. The number of carbonyl (C=O) groups is 1. The van der Waals surface area contributed by atoms with E-state index in [4.69, 9.17) is 0 Å². The third-order valence-corrected chi connectivity index (χ3v) is 6.68. The van der Waals surface area contributed by atoms with Gasteiger partial charge in [0.25, 0.3) is 0 Å². The minimum Gasteiger partial charge on any atom is -0.338 e. The largest absolute Gasteiger partial charge is 0.338 e.